The highest BCUT2D eigenvalue weighted by molar-refractivity contribution is 7.89. The second-order valence-corrected chi connectivity index (χ2v) is 13.5. The molecule has 0 aliphatic carbocycles. The van der Waals surface area contributed by atoms with Crippen molar-refractivity contribution >= 4 is 21.7 Å². The minimum Gasteiger partial charge on any atom is -0.357 e. The lowest BCUT2D eigenvalue weighted by Gasteiger charge is -2.28. The van der Waals surface area contributed by atoms with Crippen LogP contribution in [0.25, 0.3) is 0 Å². The van der Waals surface area contributed by atoms with Gasteiger partial charge in [-0.3, -0.25) is 24.5 Å². The van der Waals surface area contributed by atoms with Crippen molar-refractivity contribution in [3.8, 4) is 6.07 Å². The average Bonchev–Trinajstić information content (AvgIpc) is 3.66. The summed E-state index contributed by atoms with van der Waals surface area (Å²) in [7, 11) is -3.69. The summed E-state index contributed by atoms with van der Waals surface area (Å²) in [6.45, 7) is 0.812. The molecule has 2 saturated heterocycles. The minimum atomic E-state index is -3.69. The SMILES string of the molecule is N#Cc1ccc(C(=O)C=C2NC(Cc3ccncc3)(Cc3ccncc3)C(=O)N2CC2CCN(S(=O)(=O)c3ccccc3)C2)cc1. The van der Waals surface area contributed by atoms with Gasteiger partial charge in [0, 0.05) is 68.9 Å². The number of allylic oxidation sites excluding steroid dienone is 1. The van der Waals surface area contributed by atoms with E-state index in [2.05, 4.69) is 21.4 Å². The molecule has 0 spiro atoms. The number of nitrogens with one attached hydrogen (secondary N) is 1. The van der Waals surface area contributed by atoms with E-state index in [0.29, 0.717) is 42.8 Å². The van der Waals surface area contributed by atoms with Crippen LogP contribution in [0, 0.1) is 17.2 Å². The molecule has 0 saturated carbocycles. The van der Waals surface area contributed by atoms with E-state index in [-0.39, 0.29) is 35.6 Å². The topological polar surface area (TPSA) is 136 Å². The van der Waals surface area contributed by atoms with Gasteiger partial charge in [0.25, 0.3) is 5.91 Å². The normalized spacial score (nSPS) is 18.8. The maximum atomic E-state index is 14.6. The van der Waals surface area contributed by atoms with Crippen LogP contribution in [0.3, 0.4) is 0 Å². The van der Waals surface area contributed by atoms with Crippen LogP contribution in [0.1, 0.15) is 33.5 Å². The molecule has 2 aromatic carbocycles. The highest BCUT2D eigenvalue weighted by Gasteiger charge is 2.50. The predicted octanol–water partition coefficient (Wildman–Crippen LogP) is 3.74. The molecule has 10 nitrogen and oxygen atoms in total. The number of hydrogen-bond donors (Lipinski definition) is 1. The van der Waals surface area contributed by atoms with Gasteiger partial charge in [0.05, 0.1) is 16.5 Å². The lowest BCUT2D eigenvalue weighted by molar-refractivity contribution is -0.132. The largest absolute Gasteiger partial charge is 0.357 e. The van der Waals surface area contributed by atoms with Crippen LogP contribution in [0.15, 0.2) is 120 Å². The Bertz CT molecular complexity index is 1850. The third kappa shape index (κ3) is 6.44. The molecule has 2 aliphatic heterocycles. The molecule has 1 amide bonds. The van der Waals surface area contributed by atoms with Crippen molar-refractivity contribution < 1.29 is 18.0 Å². The molecule has 2 aromatic heterocycles. The van der Waals surface area contributed by atoms with Crippen molar-refractivity contribution in [2.75, 3.05) is 19.6 Å². The first-order chi connectivity index (χ1) is 22.3. The Kier molecular flexibility index (Phi) is 8.74. The van der Waals surface area contributed by atoms with Crippen LogP contribution in [0.2, 0.25) is 0 Å². The van der Waals surface area contributed by atoms with Gasteiger partial charge in [-0.05, 0) is 84.1 Å². The Morgan fingerprint density at radius 2 is 1.54 bits per heavy atom. The molecule has 1 N–H and O–H groups in total. The zero-order valence-corrected chi connectivity index (χ0v) is 25.8. The maximum absolute atomic E-state index is 14.6. The molecule has 0 radical (unpaired) electrons. The van der Waals surface area contributed by atoms with E-state index >= 15 is 0 Å². The summed E-state index contributed by atoms with van der Waals surface area (Å²) in [5, 5.41) is 12.6. The summed E-state index contributed by atoms with van der Waals surface area (Å²) in [4.78, 5) is 38.3. The number of pyridine rings is 2. The van der Waals surface area contributed by atoms with Gasteiger partial charge in [0.15, 0.2) is 5.78 Å². The molecule has 11 heteroatoms. The second kappa shape index (κ2) is 13.0. The van der Waals surface area contributed by atoms with Gasteiger partial charge in [-0.1, -0.05) is 18.2 Å². The first-order valence-electron chi connectivity index (χ1n) is 15.0. The smallest absolute Gasteiger partial charge is 0.254 e. The number of nitriles is 1. The van der Waals surface area contributed by atoms with Crippen molar-refractivity contribution in [2.45, 2.75) is 29.7 Å². The zero-order chi connectivity index (χ0) is 32.1. The molecular weight excluding hydrogens is 600 g/mol. The molecule has 4 heterocycles. The lowest BCUT2D eigenvalue weighted by atomic mass is 9.85. The van der Waals surface area contributed by atoms with Crippen LogP contribution >= 0.6 is 0 Å². The summed E-state index contributed by atoms with van der Waals surface area (Å²) in [5.74, 6) is -0.334. The minimum absolute atomic E-state index is 0.157. The molecule has 0 bridgehead atoms. The van der Waals surface area contributed by atoms with Crippen LogP contribution < -0.4 is 5.32 Å². The molecule has 6 rings (SSSR count). The number of aromatic nitrogens is 2. The van der Waals surface area contributed by atoms with E-state index in [9.17, 15) is 23.3 Å². The number of nitrogens with zero attached hydrogens (tertiary/aromatic N) is 5. The Labute approximate surface area is 268 Å². The van der Waals surface area contributed by atoms with Crippen LogP contribution in [-0.2, 0) is 27.7 Å². The van der Waals surface area contributed by atoms with E-state index in [4.69, 9.17) is 0 Å². The van der Waals surface area contributed by atoms with Crippen molar-refractivity contribution in [3.63, 3.8) is 0 Å². The number of hydrogen-bond acceptors (Lipinski definition) is 8. The Hall–Kier alpha value is -5.18. The predicted molar refractivity (Wildman–Crippen MR) is 170 cm³/mol. The summed E-state index contributed by atoms with van der Waals surface area (Å²) in [6.07, 6.45) is 9.36. The summed E-state index contributed by atoms with van der Waals surface area (Å²) in [6, 6.07) is 24.2. The van der Waals surface area contributed by atoms with E-state index in [1.807, 2.05) is 24.3 Å². The Morgan fingerprint density at radius 3 is 2.13 bits per heavy atom. The number of ketones is 1. The molecule has 1 unspecified atom stereocenters. The number of amides is 1. The van der Waals surface area contributed by atoms with Crippen molar-refractivity contribution in [1.29, 1.82) is 5.26 Å². The molecule has 2 fully saturated rings. The lowest BCUT2D eigenvalue weighted by Crippen LogP contribution is -2.51. The molecular formula is C35H32N6O4S. The summed E-state index contributed by atoms with van der Waals surface area (Å²) in [5.41, 5.74) is 1.47. The van der Waals surface area contributed by atoms with Gasteiger partial charge in [0.1, 0.15) is 11.4 Å². The van der Waals surface area contributed by atoms with Crippen molar-refractivity contribution in [2.24, 2.45) is 5.92 Å². The number of benzene rings is 2. The monoisotopic (exact) mass is 632 g/mol. The number of carbonyl (C=O) groups is 2. The summed E-state index contributed by atoms with van der Waals surface area (Å²) < 4.78 is 28.2. The number of carbonyl (C=O) groups excluding carboxylic acids is 2. The first-order valence-corrected chi connectivity index (χ1v) is 16.4. The second-order valence-electron chi connectivity index (χ2n) is 11.6. The van der Waals surface area contributed by atoms with E-state index in [1.165, 1.54) is 10.4 Å². The van der Waals surface area contributed by atoms with Crippen LogP contribution in [-0.4, -0.2) is 64.5 Å². The molecule has 46 heavy (non-hydrogen) atoms. The Morgan fingerprint density at radius 1 is 0.935 bits per heavy atom. The van der Waals surface area contributed by atoms with Crippen molar-refractivity contribution in [1.82, 2.24) is 24.5 Å². The number of rotatable bonds is 10. The standard InChI is InChI=1S/C35H32N6O4S/c36-23-28-6-8-30(9-7-28)32(42)20-33-39-35(21-26-10-15-37-16-11-26,22-27-12-17-38-18-13-27)34(43)41(33)25-29-14-19-40(24-29)46(44,45)31-4-2-1-3-5-31/h1-13,15-18,20,29,39H,14,19,21-22,24-25H2. The molecule has 2 aliphatic rings. The maximum Gasteiger partial charge on any atom is 0.254 e. The molecule has 4 aromatic rings. The van der Waals surface area contributed by atoms with E-state index < -0.39 is 15.6 Å². The molecule has 232 valence electrons. The third-order valence-corrected chi connectivity index (χ3v) is 10.3. The Balaban J connectivity index is 1.34. The summed E-state index contributed by atoms with van der Waals surface area (Å²) >= 11 is 0. The average molecular weight is 633 g/mol. The number of sulfonamides is 1. The van der Waals surface area contributed by atoms with Gasteiger partial charge in [-0.15, -0.1) is 0 Å². The van der Waals surface area contributed by atoms with Gasteiger partial charge in [0.2, 0.25) is 10.0 Å². The van der Waals surface area contributed by atoms with Crippen LogP contribution in [0.4, 0.5) is 0 Å². The highest BCUT2D eigenvalue weighted by Crippen LogP contribution is 2.33. The van der Waals surface area contributed by atoms with Crippen molar-refractivity contribution in [3.05, 3.63) is 138 Å². The first kappa shape index (κ1) is 30.8. The third-order valence-electron chi connectivity index (χ3n) is 8.46. The van der Waals surface area contributed by atoms with E-state index in [0.717, 1.165) is 11.1 Å². The quantitative estimate of drug-likeness (QED) is 0.206. The van der Waals surface area contributed by atoms with Gasteiger partial charge in [-0.25, -0.2) is 8.42 Å². The fourth-order valence-corrected chi connectivity index (χ4v) is 7.66. The highest BCUT2D eigenvalue weighted by atomic mass is 32.2. The fourth-order valence-electron chi connectivity index (χ4n) is 6.11. The zero-order valence-electron chi connectivity index (χ0n) is 25.0. The van der Waals surface area contributed by atoms with Gasteiger partial charge < -0.3 is 5.32 Å². The van der Waals surface area contributed by atoms with Gasteiger partial charge in [-0.2, -0.15) is 9.57 Å². The van der Waals surface area contributed by atoms with Gasteiger partial charge >= 0.3 is 0 Å². The van der Waals surface area contributed by atoms with E-state index in [1.54, 1.807) is 84.3 Å². The molecule has 1 atom stereocenters. The van der Waals surface area contributed by atoms with Crippen LogP contribution in [0.5, 0.6) is 0 Å². The fraction of sp³-hybridized carbons (Fsp3) is 0.229.